The molecule has 0 saturated carbocycles. The standard InChI is InChI=1S/C15H19N3O/c16-9-11-8-15(18-7-3-4-12(19)10-18)17-14-6-2-1-5-13(11)14/h1-2,5-6,8,12,19H,3-4,7,9-10,16H2. The smallest absolute Gasteiger partial charge is 0.129 e. The minimum absolute atomic E-state index is 0.247. The molecule has 1 aromatic heterocycles. The fourth-order valence-electron chi connectivity index (χ4n) is 2.73. The quantitative estimate of drug-likeness (QED) is 0.859. The van der Waals surface area contributed by atoms with Crippen LogP contribution in [0.25, 0.3) is 10.9 Å². The molecule has 2 aromatic rings. The monoisotopic (exact) mass is 257 g/mol. The summed E-state index contributed by atoms with van der Waals surface area (Å²) in [5, 5.41) is 10.9. The summed E-state index contributed by atoms with van der Waals surface area (Å²) in [4.78, 5) is 6.85. The second-order valence-corrected chi connectivity index (χ2v) is 5.10. The zero-order valence-electron chi connectivity index (χ0n) is 10.9. The Kier molecular flexibility index (Phi) is 3.36. The molecule has 1 atom stereocenters. The number of para-hydroxylation sites is 1. The Bertz CT molecular complexity index is 585. The van der Waals surface area contributed by atoms with Crippen LogP contribution in [-0.2, 0) is 6.54 Å². The van der Waals surface area contributed by atoms with Gasteiger partial charge in [0, 0.05) is 25.0 Å². The fourth-order valence-corrected chi connectivity index (χ4v) is 2.73. The third-order valence-electron chi connectivity index (χ3n) is 3.73. The van der Waals surface area contributed by atoms with Gasteiger partial charge in [-0.25, -0.2) is 4.98 Å². The lowest BCUT2D eigenvalue weighted by Crippen LogP contribution is -2.38. The molecular formula is C15H19N3O. The first kappa shape index (κ1) is 12.4. The minimum Gasteiger partial charge on any atom is -0.391 e. The van der Waals surface area contributed by atoms with Crippen LogP contribution in [-0.4, -0.2) is 29.3 Å². The van der Waals surface area contributed by atoms with E-state index in [1.165, 1.54) is 0 Å². The van der Waals surface area contributed by atoms with Crippen molar-refractivity contribution in [1.29, 1.82) is 0 Å². The van der Waals surface area contributed by atoms with E-state index in [1.54, 1.807) is 0 Å². The van der Waals surface area contributed by atoms with Crippen LogP contribution in [0.5, 0.6) is 0 Å². The first-order chi connectivity index (χ1) is 9.28. The van der Waals surface area contributed by atoms with Gasteiger partial charge in [0.1, 0.15) is 5.82 Å². The summed E-state index contributed by atoms with van der Waals surface area (Å²) in [6, 6.07) is 10.1. The van der Waals surface area contributed by atoms with Gasteiger partial charge in [-0.2, -0.15) is 0 Å². The van der Waals surface area contributed by atoms with Crippen LogP contribution in [0, 0.1) is 0 Å². The molecule has 4 nitrogen and oxygen atoms in total. The zero-order chi connectivity index (χ0) is 13.2. The van der Waals surface area contributed by atoms with Gasteiger partial charge in [-0.3, -0.25) is 0 Å². The lowest BCUT2D eigenvalue weighted by Gasteiger charge is -2.31. The predicted octanol–water partition coefficient (Wildman–Crippen LogP) is 1.65. The SMILES string of the molecule is NCc1cc(N2CCCC(O)C2)nc2ccccc12. The Morgan fingerprint density at radius 3 is 3.00 bits per heavy atom. The van der Waals surface area contributed by atoms with E-state index in [-0.39, 0.29) is 6.10 Å². The van der Waals surface area contributed by atoms with Crippen LogP contribution in [0.4, 0.5) is 5.82 Å². The van der Waals surface area contributed by atoms with Crippen molar-refractivity contribution >= 4 is 16.7 Å². The number of piperidine rings is 1. The van der Waals surface area contributed by atoms with Crippen molar-refractivity contribution in [3.8, 4) is 0 Å². The Morgan fingerprint density at radius 2 is 2.21 bits per heavy atom. The minimum atomic E-state index is -0.247. The van der Waals surface area contributed by atoms with Crippen LogP contribution < -0.4 is 10.6 Å². The number of aliphatic hydroxyl groups excluding tert-OH is 1. The summed E-state index contributed by atoms with van der Waals surface area (Å²) >= 11 is 0. The van der Waals surface area contributed by atoms with Gasteiger partial charge >= 0.3 is 0 Å². The number of pyridine rings is 1. The summed E-state index contributed by atoms with van der Waals surface area (Å²) in [5.74, 6) is 0.929. The number of nitrogens with two attached hydrogens (primary N) is 1. The van der Waals surface area contributed by atoms with Gasteiger partial charge in [-0.05, 0) is 30.5 Å². The summed E-state index contributed by atoms with van der Waals surface area (Å²) in [6.07, 6.45) is 1.64. The van der Waals surface area contributed by atoms with Crippen molar-refractivity contribution in [2.75, 3.05) is 18.0 Å². The topological polar surface area (TPSA) is 62.4 Å². The summed E-state index contributed by atoms with van der Waals surface area (Å²) in [7, 11) is 0. The van der Waals surface area contributed by atoms with Crippen LogP contribution in [0.2, 0.25) is 0 Å². The Morgan fingerprint density at radius 1 is 1.37 bits per heavy atom. The number of fused-ring (bicyclic) bond motifs is 1. The highest BCUT2D eigenvalue weighted by molar-refractivity contribution is 5.84. The highest BCUT2D eigenvalue weighted by Crippen LogP contribution is 2.24. The highest BCUT2D eigenvalue weighted by atomic mass is 16.3. The number of rotatable bonds is 2. The molecule has 0 bridgehead atoms. The van der Waals surface area contributed by atoms with Crippen molar-refractivity contribution in [2.45, 2.75) is 25.5 Å². The van der Waals surface area contributed by atoms with Gasteiger partial charge < -0.3 is 15.7 Å². The maximum Gasteiger partial charge on any atom is 0.129 e. The van der Waals surface area contributed by atoms with Crippen molar-refractivity contribution in [3.63, 3.8) is 0 Å². The number of hydrogen-bond acceptors (Lipinski definition) is 4. The third-order valence-corrected chi connectivity index (χ3v) is 3.73. The largest absolute Gasteiger partial charge is 0.391 e. The Balaban J connectivity index is 2.04. The number of benzene rings is 1. The molecule has 3 N–H and O–H groups in total. The van der Waals surface area contributed by atoms with Crippen LogP contribution >= 0.6 is 0 Å². The molecule has 1 aliphatic heterocycles. The van der Waals surface area contributed by atoms with Crippen molar-refractivity contribution in [2.24, 2.45) is 5.73 Å². The van der Waals surface area contributed by atoms with Gasteiger partial charge in [-0.15, -0.1) is 0 Å². The molecule has 100 valence electrons. The van der Waals surface area contributed by atoms with E-state index in [4.69, 9.17) is 10.7 Å². The molecule has 1 fully saturated rings. The van der Waals surface area contributed by atoms with E-state index in [1.807, 2.05) is 18.2 Å². The highest BCUT2D eigenvalue weighted by Gasteiger charge is 2.19. The molecule has 4 heteroatoms. The van der Waals surface area contributed by atoms with Gasteiger partial charge in [0.25, 0.3) is 0 Å². The molecule has 3 rings (SSSR count). The summed E-state index contributed by atoms with van der Waals surface area (Å²) in [6.45, 7) is 2.12. The van der Waals surface area contributed by atoms with Gasteiger partial charge in [0.2, 0.25) is 0 Å². The third kappa shape index (κ3) is 2.41. The Labute approximate surface area is 112 Å². The first-order valence-corrected chi connectivity index (χ1v) is 6.79. The van der Waals surface area contributed by atoms with E-state index in [0.29, 0.717) is 13.1 Å². The van der Waals surface area contributed by atoms with E-state index in [0.717, 1.165) is 41.7 Å². The number of aromatic nitrogens is 1. The van der Waals surface area contributed by atoms with Gasteiger partial charge in [0.15, 0.2) is 0 Å². The second-order valence-electron chi connectivity index (χ2n) is 5.10. The number of aliphatic hydroxyl groups is 1. The summed E-state index contributed by atoms with van der Waals surface area (Å²) in [5.41, 5.74) is 7.93. The van der Waals surface area contributed by atoms with E-state index < -0.39 is 0 Å². The molecule has 19 heavy (non-hydrogen) atoms. The molecular weight excluding hydrogens is 238 g/mol. The van der Waals surface area contributed by atoms with Gasteiger partial charge in [0.05, 0.1) is 11.6 Å². The zero-order valence-corrected chi connectivity index (χ0v) is 10.9. The molecule has 0 amide bonds. The molecule has 2 heterocycles. The van der Waals surface area contributed by atoms with Crippen molar-refractivity contribution < 1.29 is 5.11 Å². The first-order valence-electron chi connectivity index (χ1n) is 6.79. The number of β-amino-alcohol motifs (C(OH)–C–C–N with tert-alkyl or cyclic N) is 1. The van der Waals surface area contributed by atoms with Crippen LogP contribution in [0.1, 0.15) is 18.4 Å². The van der Waals surface area contributed by atoms with E-state index in [9.17, 15) is 5.11 Å². The molecule has 0 radical (unpaired) electrons. The lowest BCUT2D eigenvalue weighted by atomic mass is 10.1. The maximum atomic E-state index is 9.79. The van der Waals surface area contributed by atoms with Crippen molar-refractivity contribution in [3.05, 3.63) is 35.9 Å². The summed E-state index contributed by atoms with van der Waals surface area (Å²) < 4.78 is 0. The van der Waals surface area contributed by atoms with E-state index in [2.05, 4.69) is 17.0 Å². The average Bonchev–Trinajstić information content (AvgIpc) is 2.46. The average molecular weight is 257 g/mol. The fraction of sp³-hybridized carbons (Fsp3) is 0.400. The maximum absolute atomic E-state index is 9.79. The van der Waals surface area contributed by atoms with E-state index >= 15 is 0 Å². The number of anilines is 1. The molecule has 1 saturated heterocycles. The normalized spacial score (nSPS) is 19.9. The Hall–Kier alpha value is -1.65. The van der Waals surface area contributed by atoms with Crippen LogP contribution in [0.3, 0.4) is 0 Å². The molecule has 1 aromatic carbocycles. The lowest BCUT2D eigenvalue weighted by molar-refractivity contribution is 0.154. The number of nitrogens with zero attached hydrogens (tertiary/aromatic N) is 2. The predicted molar refractivity (Wildman–Crippen MR) is 77.1 cm³/mol. The molecule has 0 spiro atoms. The molecule has 1 aliphatic rings. The molecule has 0 aliphatic carbocycles. The van der Waals surface area contributed by atoms with Gasteiger partial charge in [-0.1, -0.05) is 18.2 Å². The second kappa shape index (κ2) is 5.15. The van der Waals surface area contributed by atoms with Crippen LogP contribution in [0.15, 0.2) is 30.3 Å². The number of hydrogen-bond donors (Lipinski definition) is 2. The molecule has 1 unspecified atom stereocenters. The van der Waals surface area contributed by atoms with Crippen molar-refractivity contribution in [1.82, 2.24) is 4.98 Å².